The first-order valence-electron chi connectivity index (χ1n) is 6.53. The molecule has 1 saturated carbocycles. The lowest BCUT2D eigenvalue weighted by Gasteiger charge is -2.16. The van der Waals surface area contributed by atoms with Crippen molar-refractivity contribution in [1.82, 2.24) is 0 Å². The second-order valence-electron chi connectivity index (χ2n) is 4.78. The summed E-state index contributed by atoms with van der Waals surface area (Å²) in [6.07, 6.45) is 4.73. The number of ether oxygens (including phenoxy) is 1. The Kier molecular flexibility index (Phi) is 5.47. The minimum Gasteiger partial charge on any atom is -0.389 e. The highest BCUT2D eigenvalue weighted by Gasteiger charge is 2.16. The van der Waals surface area contributed by atoms with E-state index >= 15 is 0 Å². The molecule has 2 N–H and O–H groups in total. The maximum absolute atomic E-state index is 9.83. The van der Waals surface area contributed by atoms with E-state index in [1.165, 1.54) is 12.8 Å². The summed E-state index contributed by atoms with van der Waals surface area (Å²) in [5.41, 5.74) is 1.01. The molecule has 1 aliphatic rings. The molecule has 2 rings (SSSR count). The molecule has 0 saturated heterocycles. The first-order chi connectivity index (χ1) is 8.74. The van der Waals surface area contributed by atoms with Gasteiger partial charge in [-0.05, 0) is 37.1 Å². The zero-order valence-corrected chi connectivity index (χ0v) is 12.0. The van der Waals surface area contributed by atoms with E-state index < -0.39 is 6.10 Å². The molecular weight excluding hydrogens is 294 g/mol. The smallest absolute Gasteiger partial charge is 0.0945 e. The van der Waals surface area contributed by atoms with Crippen molar-refractivity contribution in [2.24, 2.45) is 0 Å². The highest BCUT2D eigenvalue weighted by Crippen LogP contribution is 2.21. The van der Waals surface area contributed by atoms with Crippen LogP contribution in [0, 0.1) is 0 Å². The summed E-state index contributed by atoms with van der Waals surface area (Å²) in [6, 6.07) is 7.91. The molecule has 1 fully saturated rings. The van der Waals surface area contributed by atoms with Crippen molar-refractivity contribution >= 4 is 21.6 Å². The Morgan fingerprint density at radius 3 is 2.61 bits per heavy atom. The van der Waals surface area contributed by atoms with Crippen LogP contribution in [0.15, 0.2) is 28.7 Å². The van der Waals surface area contributed by atoms with Crippen LogP contribution >= 0.6 is 15.9 Å². The van der Waals surface area contributed by atoms with E-state index in [1.807, 2.05) is 24.3 Å². The van der Waals surface area contributed by atoms with Gasteiger partial charge in [0.15, 0.2) is 0 Å². The lowest BCUT2D eigenvalue weighted by Crippen LogP contribution is -2.27. The largest absolute Gasteiger partial charge is 0.389 e. The van der Waals surface area contributed by atoms with Gasteiger partial charge in [-0.1, -0.05) is 28.8 Å². The molecule has 1 aromatic carbocycles. The Morgan fingerprint density at radius 1 is 1.28 bits per heavy atom. The molecule has 1 unspecified atom stereocenters. The first kappa shape index (κ1) is 13.8. The minimum atomic E-state index is -0.450. The van der Waals surface area contributed by atoms with Crippen LogP contribution in [0.5, 0.6) is 0 Å². The molecule has 4 heteroatoms. The van der Waals surface area contributed by atoms with E-state index in [0.717, 1.165) is 23.0 Å². The number of hydrogen-bond acceptors (Lipinski definition) is 3. The number of aliphatic hydroxyl groups excluding tert-OH is 1. The summed E-state index contributed by atoms with van der Waals surface area (Å²) < 4.78 is 6.73. The zero-order chi connectivity index (χ0) is 12.8. The van der Waals surface area contributed by atoms with E-state index in [9.17, 15) is 5.11 Å². The molecule has 1 aromatic rings. The Balaban J connectivity index is 1.64. The summed E-state index contributed by atoms with van der Waals surface area (Å²) in [4.78, 5) is 0. The Morgan fingerprint density at radius 2 is 1.94 bits per heavy atom. The van der Waals surface area contributed by atoms with Crippen molar-refractivity contribution in [3.05, 3.63) is 28.7 Å². The van der Waals surface area contributed by atoms with E-state index in [2.05, 4.69) is 21.2 Å². The Bertz CT molecular complexity index is 349. The number of halogens is 1. The predicted octanol–water partition coefficient (Wildman–Crippen LogP) is 3.18. The van der Waals surface area contributed by atoms with Gasteiger partial charge in [0.05, 0.1) is 18.8 Å². The van der Waals surface area contributed by atoms with Gasteiger partial charge in [-0.3, -0.25) is 0 Å². The van der Waals surface area contributed by atoms with Gasteiger partial charge in [0.25, 0.3) is 0 Å². The van der Waals surface area contributed by atoms with Gasteiger partial charge >= 0.3 is 0 Å². The number of nitrogens with one attached hydrogen (secondary N) is 1. The van der Waals surface area contributed by atoms with Crippen molar-refractivity contribution in [2.75, 3.05) is 18.5 Å². The third kappa shape index (κ3) is 4.59. The lowest BCUT2D eigenvalue weighted by atomic mass is 10.3. The van der Waals surface area contributed by atoms with Gasteiger partial charge in [0.1, 0.15) is 0 Å². The van der Waals surface area contributed by atoms with Crippen molar-refractivity contribution in [1.29, 1.82) is 0 Å². The molecule has 0 spiro atoms. The SMILES string of the molecule is OC(CNc1ccc(Br)cc1)COC1CCCC1. The Labute approximate surface area is 117 Å². The lowest BCUT2D eigenvalue weighted by molar-refractivity contribution is -0.00117. The zero-order valence-electron chi connectivity index (χ0n) is 10.4. The van der Waals surface area contributed by atoms with Crippen LogP contribution in [0.25, 0.3) is 0 Å². The fourth-order valence-corrected chi connectivity index (χ4v) is 2.43. The van der Waals surface area contributed by atoms with Gasteiger partial charge in [-0.15, -0.1) is 0 Å². The molecule has 1 atom stereocenters. The first-order valence-corrected chi connectivity index (χ1v) is 7.32. The highest BCUT2D eigenvalue weighted by molar-refractivity contribution is 9.10. The number of aliphatic hydroxyl groups is 1. The fraction of sp³-hybridized carbons (Fsp3) is 0.571. The molecule has 0 amide bonds. The van der Waals surface area contributed by atoms with Crippen LogP contribution in [0.1, 0.15) is 25.7 Å². The molecule has 100 valence electrons. The van der Waals surface area contributed by atoms with Crippen LogP contribution in [-0.4, -0.2) is 30.5 Å². The minimum absolute atomic E-state index is 0.368. The fourth-order valence-electron chi connectivity index (χ4n) is 2.16. The molecule has 0 aliphatic heterocycles. The van der Waals surface area contributed by atoms with Gasteiger partial charge in [0.2, 0.25) is 0 Å². The van der Waals surface area contributed by atoms with Crippen molar-refractivity contribution < 1.29 is 9.84 Å². The maximum Gasteiger partial charge on any atom is 0.0945 e. The number of benzene rings is 1. The maximum atomic E-state index is 9.83. The van der Waals surface area contributed by atoms with Crippen LogP contribution in [-0.2, 0) is 4.74 Å². The van der Waals surface area contributed by atoms with E-state index in [-0.39, 0.29) is 0 Å². The molecule has 18 heavy (non-hydrogen) atoms. The average molecular weight is 314 g/mol. The van der Waals surface area contributed by atoms with Gasteiger partial charge in [-0.25, -0.2) is 0 Å². The van der Waals surface area contributed by atoms with Crippen LogP contribution in [0.4, 0.5) is 5.69 Å². The highest BCUT2D eigenvalue weighted by atomic mass is 79.9. The number of anilines is 1. The van der Waals surface area contributed by atoms with Gasteiger partial charge in [0, 0.05) is 16.7 Å². The standard InChI is InChI=1S/C14H20BrNO2/c15-11-5-7-12(8-6-11)16-9-13(17)10-18-14-3-1-2-4-14/h5-8,13-14,16-17H,1-4,9-10H2. The monoisotopic (exact) mass is 313 g/mol. The van der Waals surface area contributed by atoms with E-state index in [0.29, 0.717) is 19.3 Å². The van der Waals surface area contributed by atoms with Gasteiger partial charge in [-0.2, -0.15) is 0 Å². The molecule has 3 nitrogen and oxygen atoms in total. The van der Waals surface area contributed by atoms with Crippen LogP contribution < -0.4 is 5.32 Å². The van der Waals surface area contributed by atoms with Crippen LogP contribution in [0.2, 0.25) is 0 Å². The topological polar surface area (TPSA) is 41.5 Å². The molecule has 0 bridgehead atoms. The van der Waals surface area contributed by atoms with E-state index in [1.54, 1.807) is 0 Å². The second-order valence-corrected chi connectivity index (χ2v) is 5.70. The van der Waals surface area contributed by atoms with Crippen molar-refractivity contribution in [3.63, 3.8) is 0 Å². The summed E-state index contributed by atoms with van der Waals surface area (Å²) in [7, 11) is 0. The van der Waals surface area contributed by atoms with Crippen molar-refractivity contribution in [2.45, 2.75) is 37.9 Å². The number of hydrogen-bond donors (Lipinski definition) is 2. The number of rotatable bonds is 6. The quantitative estimate of drug-likeness (QED) is 0.847. The predicted molar refractivity (Wildman–Crippen MR) is 76.8 cm³/mol. The summed E-state index contributed by atoms with van der Waals surface area (Å²) in [6.45, 7) is 0.947. The molecule has 1 aliphatic carbocycles. The van der Waals surface area contributed by atoms with E-state index in [4.69, 9.17) is 4.74 Å². The second kappa shape index (κ2) is 7.12. The Hall–Kier alpha value is -0.580. The summed E-state index contributed by atoms with van der Waals surface area (Å²) >= 11 is 3.39. The summed E-state index contributed by atoms with van der Waals surface area (Å²) in [5, 5.41) is 13.0. The summed E-state index contributed by atoms with van der Waals surface area (Å²) in [5.74, 6) is 0. The third-order valence-corrected chi connectivity index (χ3v) is 3.74. The average Bonchev–Trinajstić information content (AvgIpc) is 2.89. The molecule has 0 heterocycles. The molecular formula is C14H20BrNO2. The van der Waals surface area contributed by atoms with Gasteiger partial charge < -0.3 is 15.2 Å². The normalized spacial score (nSPS) is 17.9. The molecule has 0 aromatic heterocycles. The van der Waals surface area contributed by atoms with Crippen LogP contribution in [0.3, 0.4) is 0 Å². The van der Waals surface area contributed by atoms with Crippen molar-refractivity contribution in [3.8, 4) is 0 Å². The molecule has 0 radical (unpaired) electrons. The third-order valence-electron chi connectivity index (χ3n) is 3.21.